The van der Waals surface area contributed by atoms with Crippen molar-refractivity contribution in [2.75, 3.05) is 6.61 Å². The van der Waals surface area contributed by atoms with Crippen molar-refractivity contribution < 1.29 is 9.84 Å². The third-order valence-electron chi connectivity index (χ3n) is 3.82. The maximum absolute atomic E-state index is 10.2. The summed E-state index contributed by atoms with van der Waals surface area (Å²) in [5, 5.41) is 14.4. The Morgan fingerprint density at radius 3 is 2.43 bits per heavy atom. The zero-order valence-corrected chi connectivity index (χ0v) is 14.9. The molecule has 0 aliphatic carbocycles. The van der Waals surface area contributed by atoms with Crippen LogP contribution in [0.2, 0.25) is 0 Å². The summed E-state index contributed by atoms with van der Waals surface area (Å²) in [4.78, 5) is 4.23. The van der Waals surface area contributed by atoms with E-state index in [1.165, 1.54) is 5.56 Å². The van der Waals surface area contributed by atoms with Crippen molar-refractivity contribution in [2.45, 2.75) is 59.6 Å². The summed E-state index contributed by atoms with van der Waals surface area (Å²) in [6.45, 7) is 12.9. The van der Waals surface area contributed by atoms with Gasteiger partial charge in [-0.3, -0.25) is 0 Å². The SMILES string of the molecule is Cc1nc(C)n(CC(O)COc2ccc(C(C)(C)C)cc2C)n1. The summed E-state index contributed by atoms with van der Waals surface area (Å²) in [5.41, 5.74) is 2.47. The van der Waals surface area contributed by atoms with Crippen molar-refractivity contribution in [1.82, 2.24) is 14.8 Å². The van der Waals surface area contributed by atoms with Crippen LogP contribution in [0.5, 0.6) is 5.75 Å². The minimum atomic E-state index is -0.628. The van der Waals surface area contributed by atoms with Gasteiger partial charge in [-0.05, 0) is 43.4 Å². The van der Waals surface area contributed by atoms with Crippen molar-refractivity contribution in [2.24, 2.45) is 0 Å². The molecule has 5 nitrogen and oxygen atoms in total. The predicted molar refractivity (Wildman–Crippen MR) is 90.9 cm³/mol. The van der Waals surface area contributed by atoms with Crippen LogP contribution in [0.3, 0.4) is 0 Å². The molecule has 5 heteroatoms. The summed E-state index contributed by atoms with van der Waals surface area (Å²) in [7, 11) is 0. The van der Waals surface area contributed by atoms with Gasteiger partial charge in [-0.25, -0.2) is 9.67 Å². The van der Waals surface area contributed by atoms with Gasteiger partial charge >= 0.3 is 0 Å². The molecule has 0 aliphatic heterocycles. The number of ether oxygens (including phenoxy) is 1. The van der Waals surface area contributed by atoms with Gasteiger partial charge in [0.05, 0.1) is 6.54 Å². The van der Waals surface area contributed by atoms with E-state index in [9.17, 15) is 5.11 Å². The van der Waals surface area contributed by atoms with Crippen molar-refractivity contribution in [3.8, 4) is 5.75 Å². The van der Waals surface area contributed by atoms with Crippen molar-refractivity contribution >= 4 is 0 Å². The number of rotatable bonds is 5. The number of nitrogens with zero attached hydrogens (tertiary/aromatic N) is 3. The van der Waals surface area contributed by atoms with Crippen molar-refractivity contribution in [1.29, 1.82) is 0 Å². The van der Waals surface area contributed by atoms with Crippen LogP contribution >= 0.6 is 0 Å². The molecule has 1 aromatic heterocycles. The molecule has 0 fully saturated rings. The molecule has 0 amide bonds. The third kappa shape index (κ3) is 4.55. The van der Waals surface area contributed by atoms with E-state index in [2.05, 4.69) is 43.0 Å². The second-order valence-electron chi connectivity index (χ2n) is 7.08. The normalized spacial score (nSPS) is 13.2. The molecule has 0 bridgehead atoms. The fraction of sp³-hybridized carbons (Fsp3) is 0.556. The van der Waals surface area contributed by atoms with E-state index >= 15 is 0 Å². The number of hydrogen-bond acceptors (Lipinski definition) is 4. The van der Waals surface area contributed by atoms with Crippen LogP contribution in [0.15, 0.2) is 18.2 Å². The van der Waals surface area contributed by atoms with Gasteiger partial charge in [0.2, 0.25) is 0 Å². The quantitative estimate of drug-likeness (QED) is 0.921. The number of aliphatic hydroxyl groups excluding tert-OH is 1. The summed E-state index contributed by atoms with van der Waals surface area (Å²) in [6, 6.07) is 6.21. The lowest BCUT2D eigenvalue weighted by atomic mass is 9.86. The molecular formula is C18H27N3O2. The minimum absolute atomic E-state index is 0.116. The molecule has 1 unspecified atom stereocenters. The molecule has 0 spiro atoms. The number of aliphatic hydroxyl groups is 1. The van der Waals surface area contributed by atoms with Gasteiger partial charge in [0.15, 0.2) is 0 Å². The average Bonchev–Trinajstić information content (AvgIpc) is 2.74. The van der Waals surface area contributed by atoms with E-state index in [0.717, 1.165) is 17.1 Å². The third-order valence-corrected chi connectivity index (χ3v) is 3.82. The van der Waals surface area contributed by atoms with Crippen molar-refractivity contribution in [3.63, 3.8) is 0 Å². The molecule has 0 aliphatic rings. The Hall–Kier alpha value is -1.88. The lowest BCUT2D eigenvalue weighted by molar-refractivity contribution is 0.0882. The molecule has 0 radical (unpaired) electrons. The Labute approximate surface area is 138 Å². The van der Waals surface area contributed by atoms with Crippen LogP contribution in [0.25, 0.3) is 0 Å². The highest BCUT2D eigenvalue weighted by atomic mass is 16.5. The number of aromatic nitrogens is 3. The lowest BCUT2D eigenvalue weighted by Crippen LogP contribution is -2.25. The van der Waals surface area contributed by atoms with Gasteiger partial charge < -0.3 is 9.84 Å². The summed E-state index contributed by atoms with van der Waals surface area (Å²) < 4.78 is 7.48. The van der Waals surface area contributed by atoms with Crippen LogP contribution in [0.4, 0.5) is 0 Å². The maximum Gasteiger partial charge on any atom is 0.147 e. The highest BCUT2D eigenvalue weighted by Gasteiger charge is 2.15. The Bertz CT molecular complexity index is 671. The monoisotopic (exact) mass is 317 g/mol. The second-order valence-corrected chi connectivity index (χ2v) is 7.08. The number of aryl methyl sites for hydroxylation is 3. The number of benzene rings is 1. The summed E-state index contributed by atoms with van der Waals surface area (Å²) in [6.07, 6.45) is -0.628. The standard InChI is InChI=1S/C18H27N3O2/c1-12-9-15(18(4,5)6)7-8-17(12)23-11-16(22)10-21-14(3)19-13(2)20-21/h7-9,16,22H,10-11H2,1-6H3. The van der Waals surface area contributed by atoms with Crippen molar-refractivity contribution in [3.05, 3.63) is 41.0 Å². The highest BCUT2D eigenvalue weighted by Crippen LogP contribution is 2.27. The molecule has 0 saturated carbocycles. The molecule has 1 aromatic carbocycles. The molecule has 126 valence electrons. The molecule has 0 saturated heterocycles. The van der Waals surface area contributed by atoms with Gasteiger partial charge in [-0.2, -0.15) is 5.10 Å². The Morgan fingerprint density at radius 1 is 1.22 bits per heavy atom. The maximum atomic E-state index is 10.2. The minimum Gasteiger partial charge on any atom is -0.491 e. The van der Waals surface area contributed by atoms with Gasteiger partial charge in [-0.15, -0.1) is 0 Å². The van der Waals surface area contributed by atoms with E-state index < -0.39 is 6.10 Å². The van der Waals surface area contributed by atoms with Crippen LogP contribution in [0, 0.1) is 20.8 Å². The molecule has 1 heterocycles. The zero-order valence-electron chi connectivity index (χ0n) is 14.9. The van der Waals surface area contributed by atoms with E-state index in [-0.39, 0.29) is 12.0 Å². The van der Waals surface area contributed by atoms with Crippen LogP contribution < -0.4 is 4.74 Å². The Balaban J connectivity index is 1.96. The van der Waals surface area contributed by atoms with Crippen LogP contribution in [0.1, 0.15) is 43.5 Å². The Kier molecular flexibility index (Phi) is 5.09. The molecule has 1 N–H and O–H groups in total. The largest absolute Gasteiger partial charge is 0.491 e. The predicted octanol–water partition coefficient (Wildman–Crippen LogP) is 2.94. The van der Waals surface area contributed by atoms with Crippen LogP contribution in [-0.4, -0.2) is 32.6 Å². The van der Waals surface area contributed by atoms with Crippen LogP contribution in [-0.2, 0) is 12.0 Å². The fourth-order valence-electron chi connectivity index (χ4n) is 2.45. The first-order valence-electron chi connectivity index (χ1n) is 7.97. The van der Waals surface area contributed by atoms with E-state index in [0.29, 0.717) is 12.4 Å². The Morgan fingerprint density at radius 2 is 1.91 bits per heavy atom. The van der Waals surface area contributed by atoms with E-state index in [4.69, 9.17) is 4.74 Å². The van der Waals surface area contributed by atoms with Gasteiger partial charge in [-0.1, -0.05) is 32.9 Å². The van der Waals surface area contributed by atoms with E-state index in [1.807, 2.05) is 26.8 Å². The molecule has 1 atom stereocenters. The first kappa shape index (κ1) is 17.5. The first-order chi connectivity index (χ1) is 10.7. The lowest BCUT2D eigenvalue weighted by Gasteiger charge is -2.21. The highest BCUT2D eigenvalue weighted by molar-refractivity contribution is 5.38. The second kappa shape index (κ2) is 6.71. The molecule has 2 aromatic rings. The fourth-order valence-corrected chi connectivity index (χ4v) is 2.45. The average molecular weight is 317 g/mol. The first-order valence-corrected chi connectivity index (χ1v) is 7.97. The van der Waals surface area contributed by atoms with Gasteiger partial charge in [0.1, 0.15) is 30.1 Å². The molecular weight excluding hydrogens is 290 g/mol. The summed E-state index contributed by atoms with van der Waals surface area (Å²) in [5.74, 6) is 2.32. The molecule has 23 heavy (non-hydrogen) atoms. The molecule has 2 rings (SSSR count). The van der Waals surface area contributed by atoms with Gasteiger partial charge in [0, 0.05) is 0 Å². The zero-order chi connectivity index (χ0) is 17.2. The van der Waals surface area contributed by atoms with Gasteiger partial charge in [0.25, 0.3) is 0 Å². The topological polar surface area (TPSA) is 60.2 Å². The summed E-state index contributed by atoms with van der Waals surface area (Å²) >= 11 is 0. The van der Waals surface area contributed by atoms with E-state index in [1.54, 1.807) is 4.68 Å². The smallest absolute Gasteiger partial charge is 0.147 e. The number of hydrogen-bond donors (Lipinski definition) is 1.